The summed E-state index contributed by atoms with van der Waals surface area (Å²) >= 11 is 9.17. The summed E-state index contributed by atoms with van der Waals surface area (Å²) in [5, 5.41) is 6.10. The Balaban J connectivity index is 1.70. The molecular weight excluding hydrogens is 389 g/mol. The quantitative estimate of drug-likeness (QED) is 0.428. The van der Waals surface area contributed by atoms with E-state index in [0.717, 1.165) is 10.4 Å². The molecule has 1 atom stereocenters. The Labute approximate surface area is 162 Å². The second-order valence-electron chi connectivity index (χ2n) is 5.72. The Morgan fingerprint density at radius 3 is 2.62 bits per heavy atom. The molecular formula is C20H13ClFNOS2. The van der Waals surface area contributed by atoms with Crippen molar-refractivity contribution in [3.05, 3.63) is 92.2 Å². The first kappa shape index (κ1) is 17.2. The lowest BCUT2D eigenvalue weighted by molar-refractivity contribution is 0.0948. The molecule has 0 bridgehead atoms. The number of amides is 1. The summed E-state index contributed by atoms with van der Waals surface area (Å²) in [6.45, 7) is 0. The summed E-state index contributed by atoms with van der Waals surface area (Å²) in [5.74, 6) is -0.609. The van der Waals surface area contributed by atoms with Crippen molar-refractivity contribution in [2.24, 2.45) is 0 Å². The number of nitrogens with one attached hydrogen (secondary N) is 1. The Bertz CT molecular complexity index is 1060. The monoisotopic (exact) mass is 401 g/mol. The first-order valence-electron chi connectivity index (χ1n) is 7.90. The maximum atomic E-state index is 13.5. The minimum Gasteiger partial charge on any atom is -0.340 e. The Morgan fingerprint density at radius 1 is 1.08 bits per heavy atom. The van der Waals surface area contributed by atoms with Crippen LogP contribution in [0.2, 0.25) is 5.02 Å². The smallest absolute Gasteiger partial charge is 0.263 e. The van der Waals surface area contributed by atoms with Crippen LogP contribution in [0.15, 0.2) is 66.0 Å². The van der Waals surface area contributed by atoms with Gasteiger partial charge in [0.15, 0.2) is 0 Å². The van der Waals surface area contributed by atoms with Gasteiger partial charge in [0.2, 0.25) is 0 Å². The van der Waals surface area contributed by atoms with Crippen LogP contribution in [0, 0.1) is 5.82 Å². The lowest BCUT2D eigenvalue weighted by atomic mass is 10.1. The fraction of sp³-hybridized carbons (Fsp3) is 0.0500. The number of thiophene rings is 2. The zero-order chi connectivity index (χ0) is 18.1. The van der Waals surface area contributed by atoms with Crippen molar-refractivity contribution in [3.8, 4) is 0 Å². The van der Waals surface area contributed by atoms with Gasteiger partial charge in [-0.2, -0.15) is 0 Å². The van der Waals surface area contributed by atoms with Gasteiger partial charge in [-0.05, 0) is 35.2 Å². The van der Waals surface area contributed by atoms with E-state index in [1.165, 1.54) is 23.5 Å². The SMILES string of the molecule is O=C(NC(c1ccccc1)c1cccs1)c1sc2cc(F)ccc2c1Cl. The first-order valence-corrected chi connectivity index (χ1v) is 9.97. The van der Waals surface area contributed by atoms with E-state index in [9.17, 15) is 9.18 Å². The molecule has 0 radical (unpaired) electrons. The number of rotatable bonds is 4. The number of halogens is 2. The number of carbonyl (C=O) groups is 1. The van der Waals surface area contributed by atoms with Crippen LogP contribution in [-0.4, -0.2) is 5.91 Å². The molecule has 4 rings (SSSR count). The average Bonchev–Trinajstić information content (AvgIpc) is 3.28. The lowest BCUT2D eigenvalue weighted by Crippen LogP contribution is -2.28. The van der Waals surface area contributed by atoms with Crippen LogP contribution < -0.4 is 5.32 Å². The van der Waals surface area contributed by atoms with Gasteiger partial charge in [-0.15, -0.1) is 22.7 Å². The predicted molar refractivity (Wildman–Crippen MR) is 107 cm³/mol. The summed E-state index contributed by atoms with van der Waals surface area (Å²) in [6.07, 6.45) is 0. The average molecular weight is 402 g/mol. The van der Waals surface area contributed by atoms with Gasteiger partial charge in [0.05, 0.1) is 11.1 Å². The molecule has 0 saturated heterocycles. The minimum atomic E-state index is -0.344. The summed E-state index contributed by atoms with van der Waals surface area (Å²) in [6, 6.07) is 17.8. The number of fused-ring (bicyclic) bond motifs is 1. The van der Waals surface area contributed by atoms with E-state index in [1.54, 1.807) is 17.4 Å². The van der Waals surface area contributed by atoms with Crippen LogP contribution in [-0.2, 0) is 0 Å². The van der Waals surface area contributed by atoms with Crippen molar-refractivity contribution in [1.29, 1.82) is 0 Å². The number of carbonyl (C=O) groups excluding carboxylic acids is 1. The zero-order valence-corrected chi connectivity index (χ0v) is 15.8. The van der Waals surface area contributed by atoms with Crippen molar-refractivity contribution < 1.29 is 9.18 Å². The third kappa shape index (κ3) is 3.26. The van der Waals surface area contributed by atoms with Crippen LogP contribution in [0.25, 0.3) is 10.1 Å². The van der Waals surface area contributed by atoms with E-state index in [4.69, 9.17) is 11.6 Å². The van der Waals surface area contributed by atoms with E-state index in [1.807, 2.05) is 47.8 Å². The maximum absolute atomic E-state index is 13.5. The molecule has 0 fully saturated rings. The highest BCUT2D eigenvalue weighted by molar-refractivity contribution is 7.21. The van der Waals surface area contributed by atoms with Gasteiger partial charge in [-0.1, -0.05) is 48.0 Å². The summed E-state index contributed by atoms with van der Waals surface area (Å²) in [5.41, 5.74) is 0.992. The van der Waals surface area contributed by atoms with Crippen LogP contribution in [0.5, 0.6) is 0 Å². The van der Waals surface area contributed by atoms with E-state index < -0.39 is 0 Å². The third-order valence-corrected chi connectivity index (χ3v) is 6.63. The van der Waals surface area contributed by atoms with Gasteiger partial charge in [-0.25, -0.2) is 4.39 Å². The molecule has 130 valence electrons. The maximum Gasteiger partial charge on any atom is 0.263 e. The molecule has 0 aliphatic carbocycles. The van der Waals surface area contributed by atoms with Gasteiger partial charge in [0, 0.05) is 15.0 Å². The van der Waals surface area contributed by atoms with Crippen molar-refractivity contribution in [3.63, 3.8) is 0 Å². The predicted octanol–water partition coefficient (Wildman–Crippen LogP) is 6.27. The van der Waals surface area contributed by atoms with E-state index in [-0.39, 0.29) is 17.8 Å². The normalized spacial score (nSPS) is 12.2. The number of hydrogen-bond donors (Lipinski definition) is 1. The molecule has 6 heteroatoms. The second-order valence-corrected chi connectivity index (χ2v) is 8.13. The summed E-state index contributed by atoms with van der Waals surface area (Å²) < 4.78 is 14.1. The summed E-state index contributed by atoms with van der Waals surface area (Å²) in [4.78, 5) is 14.4. The van der Waals surface area contributed by atoms with Gasteiger partial charge in [0.1, 0.15) is 10.7 Å². The van der Waals surface area contributed by atoms with Gasteiger partial charge in [0.25, 0.3) is 5.91 Å². The molecule has 1 amide bonds. The van der Waals surface area contributed by atoms with Crippen LogP contribution in [0.1, 0.15) is 26.2 Å². The fourth-order valence-electron chi connectivity index (χ4n) is 2.80. The van der Waals surface area contributed by atoms with Gasteiger partial charge >= 0.3 is 0 Å². The van der Waals surface area contributed by atoms with Crippen molar-refractivity contribution in [2.75, 3.05) is 0 Å². The van der Waals surface area contributed by atoms with Crippen LogP contribution in [0.3, 0.4) is 0 Å². The second kappa shape index (κ2) is 7.19. The highest BCUT2D eigenvalue weighted by atomic mass is 35.5. The first-order chi connectivity index (χ1) is 12.6. The Kier molecular flexibility index (Phi) is 4.76. The topological polar surface area (TPSA) is 29.1 Å². The van der Waals surface area contributed by atoms with E-state index in [0.29, 0.717) is 20.0 Å². The van der Waals surface area contributed by atoms with Crippen molar-refractivity contribution in [2.45, 2.75) is 6.04 Å². The number of benzene rings is 2. The molecule has 2 nitrogen and oxygen atoms in total. The molecule has 26 heavy (non-hydrogen) atoms. The third-order valence-electron chi connectivity index (χ3n) is 4.03. The molecule has 4 aromatic rings. The highest BCUT2D eigenvalue weighted by Gasteiger charge is 2.23. The lowest BCUT2D eigenvalue weighted by Gasteiger charge is -2.17. The van der Waals surface area contributed by atoms with Crippen molar-refractivity contribution in [1.82, 2.24) is 5.32 Å². The van der Waals surface area contributed by atoms with Crippen LogP contribution in [0.4, 0.5) is 4.39 Å². The van der Waals surface area contributed by atoms with Gasteiger partial charge in [-0.3, -0.25) is 4.79 Å². The standard InChI is InChI=1S/C20H13ClFNOS2/c21-17-14-9-8-13(22)11-16(14)26-19(17)20(24)23-18(15-7-4-10-25-15)12-5-2-1-3-6-12/h1-11,18H,(H,23,24). The fourth-order valence-corrected chi connectivity index (χ4v) is 5.05. The summed E-state index contributed by atoms with van der Waals surface area (Å²) in [7, 11) is 0. The highest BCUT2D eigenvalue weighted by Crippen LogP contribution is 2.36. The molecule has 1 N–H and O–H groups in total. The minimum absolute atomic E-state index is 0.262. The molecule has 0 aliphatic rings. The molecule has 2 heterocycles. The van der Waals surface area contributed by atoms with Crippen LogP contribution >= 0.6 is 34.3 Å². The van der Waals surface area contributed by atoms with Gasteiger partial charge < -0.3 is 5.32 Å². The molecule has 2 aromatic carbocycles. The Hall–Kier alpha value is -2.21. The molecule has 2 aromatic heterocycles. The number of hydrogen-bond acceptors (Lipinski definition) is 3. The largest absolute Gasteiger partial charge is 0.340 e. The Morgan fingerprint density at radius 2 is 1.88 bits per heavy atom. The van der Waals surface area contributed by atoms with E-state index >= 15 is 0 Å². The van der Waals surface area contributed by atoms with Crippen molar-refractivity contribution >= 4 is 50.3 Å². The molecule has 1 unspecified atom stereocenters. The molecule has 0 spiro atoms. The molecule has 0 aliphatic heterocycles. The molecule has 0 saturated carbocycles. The zero-order valence-electron chi connectivity index (χ0n) is 13.4. The van der Waals surface area contributed by atoms with E-state index in [2.05, 4.69) is 5.32 Å².